The van der Waals surface area contributed by atoms with Gasteiger partial charge in [0.15, 0.2) is 0 Å². The van der Waals surface area contributed by atoms with Gasteiger partial charge in [0.05, 0.1) is 5.02 Å². The first-order valence-electron chi connectivity index (χ1n) is 7.44. The molecule has 4 heteroatoms. The minimum Gasteiger partial charge on any atom is -0.486 e. The third-order valence-electron chi connectivity index (χ3n) is 4.70. The molecule has 2 N–H and O–H groups in total. The van der Waals surface area contributed by atoms with Crippen molar-refractivity contribution in [3.05, 3.63) is 28.8 Å². The lowest BCUT2D eigenvalue weighted by atomic mass is 9.78. The van der Waals surface area contributed by atoms with Crippen molar-refractivity contribution in [3.63, 3.8) is 0 Å². The molecule has 0 bridgehead atoms. The molecule has 1 aromatic carbocycles. The van der Waals surface area contributed by atoms with E-state index in [-0.39, 0.29) is 17.6 Å². The number of fused-ring (bicyclic) bond motifs is 1. The maximum Gasteiger partial charge on any atom is 0.143 e. The number of hydrogen-bond acceptors (Lipinski definition) is 3. The van der Waals surface area contributed by atoms with Crippen molar-refractivity contribution in [2.75, 3.05) is 19.6 Å². The van der Waals surface area contributed by atoms with Gasteiger partial charge in [-0.05, 0) is 45.8 Å². The van der Waals surface area contributed by atoms with E-state index >= 15 is 0 Å². The predicted molar refractivity (Wildman–Crippen MR) is 82.3 cm³/mol. The van der Waals surface area contributed by atoms with E-state index in [1.807, 2.05) is 18.2 Å². The summed E-state index contributed by atoms with van der Waals surface area (Å²) in [5, 5.41) is 0.658. The van der Waals surface area contributed by atoms with Gasteiger partial charge in [0.2, 0.25) is 0 Å². The van der Waals surface area contributed by atoms with E-state index in [0.29, 0.717) is 5.02 Å². The Kier molecular flexibility index (Phi) is 3.69. The maximum absolute atomic E-state index is 6.55. The van der Waals surface area contributed by atoms with Crippen LogP contribution in [-0.4, -0.2) is 30.1 Å². The summed E-state index contributed by atoms with van der Waals surface area (Å²) in [6.45, 7) is 7.61. The zero-order chi connectivity index (χ0) is 14.3. The highest BCUT2D eigenvalue weighted by Crippen LogP contribution is 2.46. The Bertz CT molecular complexity index is 497. The first-order valence-corrected chi connectivity index (χ1v) is 7.82. The second-order valence-corrected chi connectivity index (χ2v) is 6.91. The van der Waals surface area contributed by atoms with Gasteiger partial charge in [-0.25, -0.2) is 0 Å². The predicted octanol–water partition coefficient (Wildman–Crippen LogP) is 3.22. The number of halogens is 1. The molecule has 3 nitrogen and oxygen atoms in total. The van der Waals surface area contributed by atoms with E-state index < -0.39 is 0 Å². The number of nitrogens with zero attached hydrogens (tertiary/aromatic N) is 1. The summed E-state index contributed by atoms with van der Waals surface area (Å²) < 4.78 is 6.20. The quantitative estimate of drug-likeness (QED) is 0.910. The third kappa shape index (κ3) is 2.43. The third-order valence-corrected chi connectivity index (χ3v) is 5.00. The fraction of sp³-hybridized carbons (Fsp3) is 0.625. The number of hydrogen-bond donors (Lipinski definition) is 1. The highest BCUT2D eigenvalue weighted by Gasteiger charge is 2.43. The molecule has 0 spiro atoms. The number of rotatable bonds is 2. The summed E-state index contributed by atoms with van der Waals surface area (Å²) in [5.74, 6) is 1.05. The largest absolute Gasteiger partial charge is 0.486 e. The number of benzene rings is 1. The van der Waals surface area contributed by atoms with Gasteiger partial charge in [-0.1, -0.05) is 23.7 Å². The van der Waals surface area contributed by atoms with Crippen LogP contribution in [0.25, 0.3) is 0 Å². The second-order valence-electron chi connectivity index (χ2n) is 6.50. The molecule has 2 heterocycles. The topological polar surface area (TPSA) is 38.5 Å². The molecule has 1 aromatic rings. The van der Waals surface area contributed by atoms with Crippen LogP contribution in [0.1, 0.15) is 38.3 Å². The summed E-state index contributed by atoms with van der Waals surface area (Å²) in [5.41, 5.74) is 7.30. The monoisotopic (exact) mass is 294 g/mol. The smallest absolute Gasteiger partial charge is 0.143 e. The zero-order valence-electron chi connectivity index (χ0n) is 12.2. The van der Waals surface area contributed by atoms with Crippen LogP contribution in [0.4, 0.5) is 0 Å². The van der Waals surface area contributed by atoms with Crippen molar-refractivity contribution >= 4 is 11.6 Å². The van der Waals surface area contributed by atoms with E-state index in [0.717, 1.165) is 17.9 Å². The van der Waals surface area contributed by atoms with Gasteiger partial charge in [0.1, 0.15) is 11.4 Å². The fourth-order valence-corrected chi connectivity index (χ4v) is 3.68. The molecule has 0 radical (unpaired) electrons. The Hall–Kier alpha value is -0.770. The van der Waals surface area contributed by atoms with Gasteiger partial charge < -0.3 is 15.4 Å². The molecule has 0 saturated carbocycles. The van der Waals surface area contributed by atoms with Crippen LogP contribution in [0.2, 0.25) is 5.02 Å². The van der Waals surface area contributed by atoms with Gasteiger partial charge in [-0.3, -0.25) is 0 Å². The molecule has 3 rings (SSSR count). The van der Waals surface area contributed by atoms with Crippen molar-refractivity contribution in [1.29, 1.82) is 0 Å². The fourth-order valence-electron chi connectivity index (χ4n) is 3.46. The molecule has 1 saturated heterocycles. The molecule has 2 aliphatic heterocycles. The first kappa shape index (κ1) is 14.2. The van der Waals surface area contributed by atoms with Gasteiger partial charge in [0, 0.05) is 24.1 Å². The summed E-state index contributed by atoms with van der Waals surface area (Å²) in [6.07, 6.45) is 2.59. The molecular formula is C16H23ClN2O. The van der Waals surface area contributed by atoms with Gasteiger partial charge >= 0.3 is 0 Å². The van der Waals surface area contributed by atoms with E-state index in [1.165, 1.54) is 25.9 Å². The number of likely N-dealkylation sites (tertiary alicyclic amines) is 1. The highest BCUT2D eigenvalue weighted by molar-refractivity contribution is 6.32. The molecule has 110 valence electrons. The van der Waals surface area contributed by atoms with Crippen LogP contribution in [0, 0.1) is 5.92 Å². The Morgan fingerprint density at radius 3 is 2.75 bits per heavy atom. The average Bonchev–Trinajstić information content (AvgIpc) is 2.89. The summed E-state index contributed by atoms with van der Waals surface area (Å²) >= 11 is 6.26. The number of ether oxygens (including phenoxy) is 1. The lowest BCUT2D eigenvalue weighted by molar-refractivity contribution is -0.00346. The van der Waals surface area contributed by atoms with Crippen molar-refractivity contribution in [2.45, 2.75) is 38.3 Å². The minimum atomic E-state index is -0.292. The normalized spacial score (nSPS) is 29.0. The van der Waals surface area contributed by atoms with Crippen LogP contribution >= 0.6 is 11.6 Å². The summed E-state index contributed by atoms with van der Waals surface area (Å²) in [7, 11) is 0. The summed E-state index contributed by atoms with van der Waals surface area (Å²) in [6, 6.07) is 5.84. The van der Waals surface area contributed by atoms with Crippen molar-refractivity contribution in [3.8, 4) is 5.75 Å². The Balaban J connectivity index is 1.90. The number of para-hydroxylation sites is 1. The van der Waals surface area contributed by atoms with Crippen molar-refractivity contribution < 1.29 is 4.74 Å². The van der Waals surface area contributed by atoms with E-state index in [1.54, 1.807) is 0 Å². The SMILES string of the molecule is CC1(C)Oc2c(Cl)cccc2C(N)C1CN1CCCC1. The molecule has 20 heavy (non-hydrogen) atoms. The van der Waals surface area contributed by atoms with Crippen LogP contribution in [0.3, 0.4) is 0 Å². The molecule has 0 aromatic heterocycles. The Morgan fingerprint density at radius 2 is 2.05 bits per heavy atom. The minimum absolute atomic E-state index is 0.0203. The van der Waals surface area contributed by atoms with Crippen molar-refractivity contribution in [1.82, 2.24) is 4.90 Å². The van der Waals surface area contributed by atoms with Crippen LogP contribution in [0.5, 0.6) is 5.75 Å². The zero-order valence-corrected chi connectivity index (χ0v) is 13.0. The molecule has 2 unspecified atom stereocenters. The van der Waals surface area contributed by atoms with E-state index in [4.69, 9.17) is 22.1 Å². The summed E-state index contributed by atoms with van der Waals surface area (Å²) in [4.78, 5) is 2.51. The number of nitrogens with two attached hydrogens (primary N) is 1. The standard InChI is InChI=1S/C16H23ClN2O/c1-16(2)12(10-19-8-3-4-9-19)14(18)11-6-5-7-13(17)15(11)20-16/h5-7,12,14H,3-4,8-10,18H2,1-2H3. The molecular weight excluding hydrogens is 272 g/mol. The van der Waals surface area contributed by atoms with E-state index in [9.17, 15) is 0 Å². The molecule has 0 amide bonds. The molecule has 0 aliphatic carbocycles. The van der Waals surface area contributed by atoms with Crippen LogP contribution < -0.4 is 10.5 Å². The van der Waals surface area contributed by atoms with Crippen LogP contribution in [0.15, 0.2) is 18.2 Å². The van der Waals surface area contributed by atoms with Gasteiger partial charge in [-0.2, -0.15) is 0 Å². The first-order chi connectivity index (χ1) is 9.49. The lowest BCUT2D eigenvalue weighted by Gasteiger charge is -2.45. The van der Waals surface area contributed by atoms with Gasteiger partial charge in [-0.15, -0.1) is 0 Å². The second kappa shape index (κ2) is 5.21. The average molecular weight is 295 g/mol. The lowest BCUT2D eigenvalue weighted by Crippen LogP contribution is -2.51. The van der Waals surface area contributed by atoms with E-state index in [2.05, 4.69) is 18.7 Å². The van der Waals surface area contributed by atoms with Gasteiger partial charge in [0.25, 0.3) is 0 Å². The highest BCUT2D eigenvalue weighted by atomic mass is 35.5. The maximum atomic E-state index is 6.55. The Labute approximate surface area is 126 Å². The Morgan fingerprint density at radius 1 is 1.35 bits per heavy atom. The molecule has 2 aliphatic rings. The molecule has 1 fully saturated rings. The van der Waals surface area contributed by atoms with Crippen LogP contribution in [-0.2, 0) is 0 Å². The van der Waals surface area contributed by atoms with Crippen molar-refractivity contribution in [2.24, 2.45) is 11.7 Å². The molecule has 2 atom stereocenters.